The van der Waals surface area contributed by atoms with Crippen LogP contribution in [0.3, 0.4) is 0 Å². The van der Waals surface area contributed by atoms with Crippen molar-refractivity contribution in [3.8, 4) is 0 Å². The second kappa shape index (κ2) is 12.6. The first kappa shape index (κ1) is 22.4. The van der Waals surface area contributed by atoms with E-state index < -0.39 is 0 Å². The van der Waals surface area contributed by atoms with Crippen molar-refractivity contribution in [2.45, 2.75) is 32.7 Å². The van der Waals surface area contributed by atoms with Gasteiger partial charge in [0, 0.05) is 52.4 Å². The number of aliphatic imine (C=N–C) groups is 1. The summed E-state index contributed by atoms with van der Waals surface area (Å²) >= 11 is 0. The molecule has 1 fully saturated rings. The zero-order valence-electron chi connectivity index (χ0n) is 18.3. The third-order valence-corrected chi connectivity index (χ3v) is 5.46. The van der Waals surface area contributed by atoms with E-state index in [1.165, 1.54) is 18.4 Å². The summed E-state index contributed by atoms with van der Waals surface area (Å²) in [6.07, 6.45) is 6.89. The molecule has 5 nitrogen and oxygen atoms in total. The number of nitrogens with zero attached hydrogens (tertiary/aromatic N) is 4. The Balaban J connectivity index is 1.63. The molecule has 2 rings (SSSR count). The molecule has 1 heterocycles. The van der Waals surface area contributed by atoms with Crippen molar-refractivity contribution in [3.05, 3.63) is 42.0 Å². The fourth-order valence-corrected chi connectivity index (χ4v) is 3.32. The summed E-state index contributed by atoms with van der Waals surface area (Å²) < 4.78 is 0. The molecule has 1 aromatic rings. The molecule has 1 N–H and O–H groups in total. The molecule has 0 bridgehead atoms. The fraction of sp³-hybridized carbons (Fsp3) is 0.609. The molecule has 5 heteroatoms. The van der Waals surface area contributed by atoms with Gasteiger partial charge in [-0.15, -0.1) is 0 Å². The maximum atomic E-state index is 4.49. The lowest BCUT2D eigenvalue weighted by atomic mass is 10.2. The Kier molecular flexibility index (Phi) is 10.1. The van der Waals surface area contributed by atoms with E-state index in [2.05, 4.69) is 88.4 Å². The third kappa shape index (κ3) is 8.03. The molecular weight excluding hydrogens is 346 g/mol. The summed E-state index contributed by atoms with van der Waals surface area (Å²) in [7, 11) is 4.09. The number of hydrogen-bond donors (Lipinski definition) is 1. The van der Waals surface area contributed by atoms with Gasteiger partial charge in [0.25, 0.3) is 0 Å². The number of unbranched alkanes of at least 4 members (excludes halogenated alkanes) is 1. The van der Waals surface area contributed by atoms with E-state index in [1.54, 1.807) is 0 Å². The van der Waals surface area contributed by atoms with Gasteiger partial charge < -0.3 is 15.1 Å². The Morgan fingerprint density at radius 2 is 1.86 bits per heavy atom. The minimum absolute atomic E-state index is 0.625. The molecule has 1 saturated heterocycles. The maximum Gasteiger partial charge on any atom is 0.193 e. The van der Waals surface area contributed by atoms with Gasteiger partial charge in [-0.2, -0.15) is 0 Å². The van der Waals surface area contributed by atoms with Crippen LogP contribution in [-0.4, -0.2) is 86.6 Å². The van der Waals surface area contributed by atoms with Crippen molar-refractivity contribution >= 4 is 12.0 Å². The van der Waals surface area contributed by atoms with Crippen molar-refractivity contribution in [1.82, 2.24) is 20.0 Å². The van der Waals surface area contributed by atoms with E-state index in [9.17, 15) is 0 Å². The van der Waals surface area contributed by atoms with E-state index >= 15 is 0 Å². The van der Waals surface area contributed by atoms with Crippen LogP contribution in [-0.2, 0) is 0 Å². The topological polar surface area (TPSA) is 34.1 Å². The van der Waals surface area contributed by atoms with Crippen LogP contribution in [0.5, 0.6) is 0 Å². The molecule has 0 unspecified atom stereocenters. The second-order valence-electron chi connectivity index (χ2n) is 7.86. The highest BCUT2D eigenvalue weighted by atomic mass is 15.3. The lowest BCUT2D eigenvalue weighted by molar-refractivity contribution is 0.194. The minimum Gasteiger partial charge on any atom is -0.356 e. The average molecular weight is 386 g/mol. The Morgan fingerprint density at radius 1 is 1.14 bits per heavy atom. The largest absolute Gasteiger partial charge is 0.356 e. The number of guanidine groups is 1. The van der Waals surface area contributed by atoms with Gasteiger partial charge in [-0.1, -0.05) is 42.5 Å². The fourth-order valence-electron chi connectivity index (χ4n) is 3.32. The van der Waals surface area contributed by atoms with Crippen molar-refractivity contribution < 1.29 is 0 Å². The van der Waals surface area contributed by atoms with Crippen LogP contribution in [0.25, 0.3) is 6.08 Å². The maximum absolute atomic E-state index is 4.49. The second-order valence-corrected chi connectivity index (χ2v) is 7.86. The minimum atomic E-state index is 0.625. The molecule has 1 aliphatic heterocycles. The predicted octanol–water partition coefficient (Wildman–Crippen LogP) is 3.01. The van der Waals surface area contributed by atoms with Gasteiger partial charge >= 0.3 is 0 Å². The first-order chi connectivity index (χ1) is 13.6. The van der Waals surface area contributed by atoms with E-state index in [-0.39, 0.29) is 0 Å². The Labute approximate surface area is 172 Å². The summed E-state index contributed by atoms with van der Waals surface area (Å²) in [5.41, 5.74) is 1.27. The van der Waals surface area contributed by atoms with Gasteiger partial charge in [0.05, 0.1) is 0 Å². The molecule has 0 amide bonds. The van der Waals surface area contributed by atoms with Crippen molar-refractivity contribution in [3.63, 3.8) is 0 Å². The summed E-state index contributed by atoms with van der Waals surface area (Å²) in [4.78, 5) is 11.8. The number of piperazine rings is 1. The van der Waals surface area contributed by atoms with Gasteiger partial charge in [0.1, 0.15) is 0 Å². The highest BCUT2D eigenvalue weighted by Crippen LogP contribution is 2.05. The lowest BCUT2D eigenvalue weighted by Gasteiger charge is -2.36. The van der Waals surface area contributed by atoms with Crippen LogP contribution >= 0.6 is 0 Å². The molecule has 1 aliphatic rings. The first-order valence-electron chi connectivity index (χ1n) is 10.7. The summed E-state index contributed by atoms with van der Waals surface area (Å²) in [6.45, 7) is 11.9. The lowest BCUT2D eigenvalue weighted by Crippen LogP contribution is -2.52. The van der Waals surface area contributed by atoms with Crippen LogP contribution in [0.15, 0.2) is 41.4 Å². The van der Waals surface area contributed by atoms with Crippen molar-refractivity contribution in [1.29, 1.82) is 0 Å². The van der Waals surface area contributed by atoms with Gasteiger partial charge in [0.2, 0.25) is 0 Å². The highest BCUT2D eigenvalue weighted by molar-refractivity contribution is 5.79. The molecule has 156 valence electrons. The normalized spacial score (nSPS) is 16.5. The van der Waals surface area contributed by atoms with E-state index in [0.717, 1.165) is 51.8 Å². The van der Waals surface area contributed by atoms with Crippen LogP contribution in [0.4, 0.5) is 0 Å². The number of rotatable bonds is 9. The summed E-state index contributed by atoms with van der Waals surface area (Å²) in [5.74, 6) is 1.05. The Bertz CT molecular complexity index is 588. The van der Waals surface area contributed by atoms with E-state index in [4.69, 9.17) is 0 Å². The van der Waals surface area contributed by atoms with Crippen LogP contribution in [0.1, 0.15) is 32.3 Å². The van der Waals surface area contributed by atoms with Crippen LogP contribution in [0.2, 0.25) is 0 Å². The molecule has 0 saturated carbocycles. The Morgan fingerprint density at radius 3 is 2.50 bits per heavy atom. The molecule has 0 spiro atoms. The first-order valence-corrected chi connectivity index (χ1v) is 10.7. The SMILES string of the molecule is CN=C(NCCCCN(C)C(C)C)N1CCN(C/C=C/c2ccccc2)CC1. The average Bonchev–Trinajstić information content (AvgIpc) is 2.72. The van der Waals surface area contributed by atoms with Crippen LogP contribution in [0, 0.1) is 0 Å². The zero-order valence-corrected chi connectivity index (χ0v) is 18.3. The van der Waals surface area contributed by atoms with E-state index in [0.29, 0.717) is 6.04 Å². The van der Waals surface area contributed by atoms with E-state index in [1.807, 2.05) is 7.05 Å². The molecular formula is C23H39N5. The standard InChI is InChI=1S/C23H39N5/c1-21(2)26(4)15-9-8-14-25-23(24-3)28-19-17-27(18-20-28)16-10-13-22-11-6-5-7-12-22/h5-7,10-13,21H,8-9,14-20H2,1-4H3,(H,24,25)/b13-10+. The number of nitrogens with one attached hydrogen (secondary N) is 1. The van der Waals surface area contributed by atoms with Gasteiger partial charge in [-0.3, -0.25) is 9.89 Å². The van der Waals surface area contributed by atoms with Gasteiger partial charge in [-0.25, -0.2) is 0 Å². The number of hydrogen-bond acceptors (Lipinski definition) is 3. The van der Waals surface area contributed by atoms with Gasteiger partial charge in [-0.05, 0) is 45.8 Å². The molecule has 1 aromatic carbocycles. The molecule has 0 atom stereocenters. The van der Waals surface area contributed by atoms with Crippen molar-refractivity contribution in [2.24, 2.45) is 4.99 Å². The quantitative estimate of drug-likeness (QED) is 0.403. The monoisotopic (exact) mass is 385 g/mol. The zero-order chi connectivity index (χ0) is 20.2. The predicted molar refractivity (Wildman–Crippen MR) is 122 cm³/mol. The third-order valence-electron chi connectivity index (χ3n) is 5.46. The summed E-state index contributed by atoms with van der Waals surface area (Å²) in [5, 5.41) is 3.55. The smallest absolute Gasteiger partial charge is 0.193 e. The molecule has 0 radical (unpaired) electrons. The molecule has 28 heavy (non-hydrogen) atoms. The molecule has 0 aromatic heterocycles. The van der Waals surface area contributed by atoms with Crippen LogP contribution < -0.4 is 5.32 Å². The van der Waals surface area contributed by atoms with Gasteiger partial charge in [0.15, 0.2) is 5.96 Å². The van der Waals surface area contributed by atoms with Crippen molar-refractivity contribution in [2.75, 3.05) is 59.9 Å². The highest BCUT2D eigenvalue weighted by Gasteiger charge is 2.18. The molecule has 0 aliphatic carbocycles. The summed E-state index contributed by atoms with van der Waals surface area (Å²) in [6, 6.07) is 11.1. The number of benzene rings is 1. The Hall–Kier alpha value is -1.85.